The van der Waals surface area contributed by atoms with E-state index in [9.17, 15) is 14.4 Å². The zero-order valence-electron chi connectivity index (χ0n) is 13.3. The third kappa shape index (κ3) is 2.78. The molecule has 0 radical (unpaired) electrons. The van der Waals surface area contributed by atoms with Crippen molar-refractivity contribution in [2.45, 2.75) is 25.3 Å². The minimum atomic E-state index is -0.616. The number of carbonyl (C=O) groups is 2. The third-order valence-corrected chi connectivity index (χ3v) is 5.36. The summed E-state index contributed by atoms with van der Waals surface area (Å²) in [4.78, 5) is 42.1. The number of para-hydroxylation sites is 1. The molecule has 128 valence electrons. The van der Waals surface area contributed by atoms with E-state index in [-0.39, 0.29) is 11.5 Å². The van der Waals surface area contributed by atoms with E-state index in [1.807, 2.05) is 24.3 Å². The number of hydrogen-bond acceptors (Lipinski definition) is 5. The lowest BCUT2D eigenvalue weighted by molar-refractivity contribution is -0.122. The van der Waals surface area contributed by atoms with E-state index in [1.165, 1.54) is 21.9 Å². The van der Waals surface area contributed by atoms with Crippen molar-refractivity contribution in [3.63, 3.8) is 0 Å². The maximum absolute atomic E-state index is 12.8. The lowest BCUT2D eigenvalue weighted by Crippen LogP contribution is -2.46. The monoisotopic (exact) mass is 356 g/mol. The van der Waals surface area contributed by atoms with Gasteiger partial charge < -0.3 is 10.6 Å². The standard InChI is InChI=1S/C17H16N4O3S/c22-14(20-11-5-3-4-8-18-15(11)23)10-9-19-17-21(16(10)24)12-6-1-2-7-13(12)25-17/h1-2,6-7,9,11H,3-5,8H2,(H,18,23)(H,20,22). The van der Waals surface area contributed by atoms with Gasteiger partial charge in [-0.3, -0.25) is 18.8 Å². The number of fused-ring (bicyclic) bond motifs is 3. The van der Waals surface area contributed by atoms with Gasteiger partial charge in [-0.05, 0) is 31.4 Å². The molecular weight excluding hydrogens is 340 g/mol. The second-order valence-corrected chi connectivity index (χ2v) is 6.99. The largest absolute Gasteiger partial charge is 0.354 e. The predicted molar refractivity (Wildman–Crippen MR) is 95.0 cm³/mol. The quantitative estimate of drug-likeness (QED) is 0.724. The van der Waals surface area contributed by atoms with Gasteiger partial charge in [-0.15, -0.1) is 0 Å². The number of thiazole rings is 1. The molecule has 1 aliphatic rings. The van der Waals surface area contributed by atoms with Gasteiger partial charge in [0.15, 0.2) is 4.96 Å². The Morgan fingerprint density at radius 3 is 3.00 bits per heavy atom. The molecule has 7 nitrogen and oxygen atoms in total. The van der Waals surface area contributed by atoms with Crippen molar-refractivity contribution in [2.24, 2.45) is 0 Å². The minimum absolute atomic E-state index is 0.0573. The van der Waals surface area contributed by atoms with Crippen LogP contribution in [0.5, 0.6) is 0 Å². The fraction of sp³-hybridized carbons (Fsp3) is 0.294. The van der Waals surface area contributed by atoms with Crippen molar-refractivity contribution in [1.82, 2.24) is 20.0 Å². The number of hydrogen-bond donors (Lipinski definition) is 2. The Morgan fingerprint density at radius 1 is 1.28 bits per heavy atom. The highest BCUT2D eigenvalue weighted by Gasteiger charge is 2.25. The summed E-state index contributed by atoms with van der Waals surface area (Å²) >= 11 is 1.39. The molecule has 4 rings (SSSR count). The summed E-state index contributed by atoms with van der Waals surface area (Å²) in [6, 6.07) is 6.84. The first-order valence-corrected chi connectivity index (χ1v) is 8.94. The number of benzene rings is 1. The summed E-state index contributed by atoms with van der Waals surface area (Å²) < 4.78 is 2.37. The summed E-state index contributed by atoms with van der Waals surface area (Å²) in [5.74, 6) is -0.773. The smallest absolute Gasteiger partial charge is 0.271 e. The summed E-state index contributed by atoms with van der Waals surface area (Å²) in [5.41, 5.74) is 0.244. The van der Waals surface area contributed by atoms with Crippen LogP contribution in [0.4, 0.5) is 0 Å². The molecule has 25 heavy (non-hydrogen) atoms. The van der Waals surface area contributed by atoms with Crippen LogP contribution in [0, 0.1) is 0 Å². The lowest BCUT2D eigenvalue weighted by Gasteiger charge is -2.14. The molecule has 0 saturated carbocycles. The van der Waals surface area contributed by atoms with Crippen LogP contribution in [-0.4, -0.2) is 33.8 Å². The fourth-order valence-corrected chi connectivity index (χ4v) is 4.00. The van der Waals surface area contributed by atoms with Gasteiger partial charge in [-0.2, -0.15) is 0 Å². The van der Waals surface area contributed by atoms with Gasteiger partial charge in [0.1, 0.15) is 11.6 Å². The second-order valence-electron chi connectivity index (χ2n) is 5.98. The average Bonchev–Trinajstić information content (AvgIpc) is 2.88. The molecule has 1 atom stereocenters. The number of nitrogens with zero attached hydrogens (tertiary/aromatic N) is 2. The van der Waals surface area contributed by atoms with Gasteiger partial charge in [0.2, 0.25) is 5.91 Å². The summed E-state index contributed by atoms with van der Waals surface area (Å²) in [6.07, 6.45) is 3.58. The summed E-state index contributed by atoms with van der Waals surface area (Å²) in [5, 5.41) is 5.43. The van der Waals surface area contributed by atoms with E-state index < -0.39 is 17.5 Å². The highest BCUT2D eigenvalue weighted by Crippen LogP contribution is 2.23. The van der Waals surface area contributed by atoms with Gasteiger partial charge in [0.25, 0.3) is 11.5 Å². The fourth-order valence-electron chi connectivity index (χ4n) is 3.02. The number of aromatic nitrogens is 2. The molecule has 1 fully saturated rings. The van der Waals surface area contributed by atoms with E-state index in [0.717, 1.165) is 23.1 Å². The van der Waals surface area contributed by atoms with Crippen LogP contribution in [0.15, 0.2) is 35.3 Å². The number of amides is 2. The topological polar surface area (TPSA) is 92.6 Å². The van der Waals surface area contributed by atoms with E-state index in [0.29, 0.717) is 17.9 Å². The van der Waals surface area contributed by atoms with Gasteiger partial charge in [-0.1, -0.05) is 23.5 Å². The Balaban J connectivity index is 1.72. The average molecular weight is 356 g/mol. The van der Waals surface area contributed by atoms with E-state index in [2.05, 4.69) is 15.6 Å². The van der Waals surface area contributed by atoms with E-state index in [1.54, 1.807) is 0 Å². The van der Waals surface area contributed by atoms with Gasteiger partial charge in [0, 0.05) is 12.7 Å². The minimum Gasteiger partial charge on any atom is -0.354 e. The first kappa shape index (κ1) is 15.8. The molecule has 1 saturated heterocycles. The highest BCUT2D eigenvalue weighted by molar-refractivity contribution is 7.23. The molecule has 3 aromatic rings. The molecule has 0 aliphatic carbocycles. The Morgan fingerprint density at radius 2 is 2.12 bits per heavy atom. The van der Waals surface area contributed by atoms with Crippen LogP contribution in [0.3, 0.4) is 0 Å². The third-order valence-electron chi connectivity index (χ3n) is 4.32. The predicted octanol–water partition coefficient (Wildman–Crippen LogP) is 1.31. The van der Waals surface area contributed by atoms with E-state index in [4.69, 9.17) is 0 Å². The van der Waals surface area contributed by atoms with Crippen molar-refractivity contribution in [2.75, 3.05) is 6.54 Å². The molecule has 3 heterocycles. The highest BCUT2D eigenvalue weighted by atomic mass is 32.1. The molecule has 0 bridgehead atoms. The van der Waals surface area contributed by atoms with Crippen LogP contribution in [0.25, 0.3) is 15.2 Å². The molecule has 8 heteroatoms. The molecule has 1 aliphatic heterocycles. The van der Waals surface area contributed by atoms with Gasteiger partial charge >= 0.3 is 0 Å². The summed E-state index contributed by atoms with van der Waals surface area (Å²) in [7, 11) is 0. The number of carbonyl (C=O) groups excluding carboxylic acids is 2. The van der Waals surface area contributed by atoms with Crippen molar-refractivity contribution >= 4 is 38.3 Å². The van der Waals surface area contributed by atoms with Crippen molar-refractivity contribution in [3.8, 4) is 0 Å². The number of rotatable bonds is 2. The SMILES string of the molecule is O=C(NC1CCCCNC1=O)c1cnc2sc3ccccc3n2c1=O. The molecule has 0 spiro atoms. The molecular formula is C17H16N4O3S. The Kier molecular flexibility index (Phi) is 3.96. The van der Waals surface area contributed by atoms with Crippen molar-refractivity contribution in [3.05, 3.63) is 46.4 Å². The molecule has 1 aromatic carbocycles. The normalized spacial score (nSPS) is 18.1. The maximum Gasteiger partial charge on any atom is 0.271 e. The van der Waals surface area contributed by atoms with Crippen molar-refractivity contribution in [1.29, 1.82) is 0 Å². The van der Waals surface area contributed by atoms with Crippen LogP contribution in [-0.2, 0) is 4.79 Å². The maximum atomic E-state index is 12.8. The Bertz CT molecular complexity index is 1040. The van der Waals surface area contributed by atoms with Crippen LogP contribution in [0.1, 0.15) is 29.6 Å². The van der Waals surface area contributed by atoms with E-state index >= 15 is 0 Å². The van der Waals surface area contributed by atoms with Gasteiger partial charge in [-0.25, -0.2) is 4.98 Å². The second kappa shape index (κ2) is 6.29. The van der Waals surface area contributed by atoms with Crippen LogP contribution in [0.2, 0.25) is 0 Å². The zero-order valence-corrected chi connectivity index (χ0v) is 14.1. The first-order valence-electron chi connectivity index (χ1n) is 8.13. The molecule has 2 N–H and O–H groups in total. The van der Waals surface area contributed by atoms with Crippen LogP contribution < -0.4 is 16.2 Å². The number of nitrogens with one attached hydrogen (secondary N) is 2. The molecule has 2 amide bonds. The van der Waals surface area contributed by atoms with Crippen LogP contribution >= 0.6 is 11.3 Å². The Hall–Kier alpha value is -2.74. The van der Waals surface area contributed by atoms with Crippen molar-refractivity contribution < 1.29 is 9.59 Å². The molecule has 1 unspecified atom stereocenters. The van der Waals surface area contributed by atoms with Gasteiger partial charge in [0.05, 0.1) is 10.2 Å². The Labute approximate surface area is 146 Å². The first-order chi connectivity index (χ1) is 12.1. The summed E-state index contributed by atoms with van der Waals surface area (Å²) in [6.45, 7) is 0.613. The lowest BCUT2D eigenvalue weighted by atomic mass is 10.1. The molecule has 2 aromatic heterocycles. The zero-order chi connectivity index (χ0) is 17.4.